The van der Waals surface area contributed by atoms with E-state index < -0.39 is 23.1 Å². The Hall–Kier alpha value is -1.54. The molecule has 7 nitrogen and oxygen atoms in total. The van der Waals surface area contributed by atoms with Gasteiger partial charge in [-0.15, -0.1) is 0 Å². The fourth-order valence-electron chi connectivity index (χ4n) is 4.50. The summed E-state index contributed by atoms with van der Waals surface area (Å²) in [5, 5.41) is 3.97. The van der Waals surface area contributed by atoms with Crippen molar-refractivity contribution in [2.75, 3.05) is 0 Å². The summed E-state index contributed by atoms with van der Waals surface area (Å²) >= 11 is 4.79. The van der Waals surface area contributed by atoms with Crippen LogP contribution >= 0.6 is 12.6 Å². The number of carbonyl (C=O) groups is 3. The molecule has 6 atom stereocenters. The molecule has 5 rings (SSSR count). The minimum Gasteiger partial charge on any atom is -0.443 e. The van der Waals surface area contributed by atoms with Gasteiger partial charge in [-0.2, -0.15) is 17.6 Å². The predicted molar refractivity (Wildman–Crippen MR) is 87.9 cm³/mol. The Kier molecular flexibility index (Phi) is 3.02. The van der Waals surface area contributed by atoms with Gasteiger partial charge in [0.2, 0.25) is 6.41 Å². The lowest BCUT2D eigenvalue weighted by molar-refractivity contribution is -0.145. The molecule has 0 spiro atoms. The predicted octanol–water partition coefficient (Wildman–Crippen LogP) is 0.626. The van der Waals surface area contributed by atoms with Gasteiger partial charge >= 0.3 is 6.09 Å². The summed E-state index contributed by atoms with van der Waals surface area (Å²) in [4.78, 5) is 36.3. The first-order valence-corrected chi connectivity index (χ1v) is 8.55. The second-order valence-electron chi connectivity index (χ2n) is 8.13. The van der Waals surface area contributed by atoms with Crippen LogP contribution in [0.15, 0.2) is 12.2 Å². The maximum Gasteiger partial charge on any atom is 0.427 e. The Morgan fingerprint density at radius 3 is 2.75 bits per heavy atom. The van der Waals surface area contributed by atoms with E-state index in [4.69, 9.17) is 17.4 Å². The number of ether oxygens (including phenoxy) is 1. The van der Waals surface area contributed by atoms with E-state index in [-0.39, 0.29) is 22.6 Å². The number of carbonyl (C=O) groups excluding carboxylic acids is 3. The smallest absolute Gasteiger partial charge is 0.427 e. The molecule has 3 fully saturated rings. The number of nitrogens with zero attached hydrogens (tertiary/aromatic N) is 1. The molecule has 0 aromatic heterocycles. The Balaban J connectivity index is 1.52. The molecular weight excluding hydrogens is 330 g/mol. The molecule has 2 N–H and O–H groups in total. The van der Waals surface area contributed by atoms with Gasteiger partial charge in [-0.3, -0.25) is 14.9 Å². The highest BCUT2D eigenvalue weighted by molar-refractivity contribution is 7.82. The molecule has 6 unspecified atom stereocenters. The lowest BCUT2D eigenvalue weighted by Gasteiger charge is -2.39. The van der Waals surface area contributed by atoms with Crippen LogP contribution in [0.3, 0.4) is 0 Å². The molecule has 1 heterocycles. The van der Waals surface area contributed by atoms with Gasteiger partial charge < -0.3 is 4.74 Å². The topological polar surface area (TPSA) is 97.7 Å². The zero-order valence-electron chi connectivity index (χ0n) is 13.8. The Bertz CT molecular complexity index is 675. The zero-order valence-corrected chi connectivity index (χ0v) is 14.7. The lowest BCUT2D eigenvalue weighted by atomic mass is 9.68. The van der Waals surface area contributed by atoms with Crippen LogP contribution < -0.4 is 10.7 Å². The molecule has 5 aliphatic rings. The third-order valence-corrected chi connectivity index (χ3v) is 6.32. The molecule has 3 amide bonds. The van der Waals surface area contributed by atoms with Crippen molar-refractivity contribution < 1.29 is 19.1 Å². The number of amides is 3. The SMILES string of the molecule is CC(C)(C)OC(=O)NN(C=O)C(=O)C12NC1C1C=CC2C2(S)CC12. The van der Waals surface area contributed by atoms with Crippen LogP contribution in [-0.4, -0.2) is 45.3 Å². The third-order valence-electron chi connectivity index (χ3n) is 5.52. The molecule has 2 bridgehead atoms. The number of imide groups is 1. The van der Waals surface area contributed by atoms with Gasteiger partial charge in [0.05, 0.1) is 0 Å². The quantitative estimate of drug-likeness (QED) is 0.223. The van der Waals surface area contributed by atoms with Gasteiger partial charge in [-0.25, -0.2) is 10.2 Å². The van der Waals surface area contributed by atoms with Crippen LogP contribution in [0.25, 0.3) is 0 Å². The Morgan fingerprint density at radius 2 is 2.12 bits per heavy atom. The maximum atomic E-state index is 13.0. The Labute approximate surface area is 145 Å². The van der Waals surface area contributed by atoms with Crippen molar-refractivity contribution in [1.29, 1.82) is 0 Å². The Morgan fingerprint density at radius 1 is 1.42 bits per heavy atom. The van der Waals surface area contributed by atoms with Gasteiger partial charge in [0.25, 0.3) is 5.91 Å². The standard InChI is InChI=1S/C16H21N3O4S/c1-14(2,3)23-13(22)18-19(7-20)12(21)16-10-5-4-8(11(16)17-16)9-6-15(9,10)24/h4-5,7-11,17,24H,6H2,1-3H3,(H,18,22). The van der Waals surface area contributed by atoms with Crippen LogP contribution in [-0.2, 0) is 14.3 Å². The van der Waals surface area contributed by atoms with E-state index in [2.05, 4.69) is 16.8 Å². The number of nitrogens with one attached hydrogen (secondary N) is 2. The number of hydrogen-bond donors (Lipinski definition) is 3. The van der Waals surface area contributed by atoms with Gasteiger partial charge in [-0.1, -0.05) is 12.2 Å². The summed E-state index contributed by atoms with van der Waals surface area (Å²) in [6.07, 6.45) is 4.65. The number of thiol groups is 1. The minimum atomic E-state index is -0.843. The van der Waals surface area contributed by atoms with Crippen molar-refractivity contribution in [3.63, 3.8) is 0 Å². The van der Waals surface area contributed by atoms with E-state index in [1.54, 1.807) is 20.8 Å². The van der Waals surface area contributed by atoms with Crippen molar-refractivity contribution in [1.82, 2.24) is 15.8 Å². The number of hydrazine groups is 1. The first kappa shape index (κ1) is 16.0. The monoisotopic (exact) mass is 351 g/mol. The zero-order chi connectivity index (χ0) is 17.5. The molecule has 8 heteroatoms. The summed E-state index contributed by atoms with van der Waals surface area (Å²) < 4.78 is 4.93. The fraction of sp³-hybridized carbons (Fsp3) is 0.688. The highest BCUT2D eigenvalue weighted by Gasteiger charge is 2.82. The number of rotatable bonds is 2. The average molecular weight is 351 g/mol. The average Bonchev–Trinajstić information content (AvgIpc) is 3.34. The summed E-state index contributed by atoms with van der Waals surface area (Å²) in [6, 6.07) is 0.00987. The van der Waals surface area contributed by atoms with E-state index in [1.807, 2.05) is 6.08 Å². The second kappa shape index (κ2) is 4.54. The van der Waals surface area contributed by atoms with Crippen LogP contribution in [0.2, 0.25) is 0 Å². The molecule has 4 aliphatic carbocycles. The summed E-state index contributed by atoms with van der Waals surface area (Å²) in [5.41, 5.74) is 0.676. The molecule has 130 valence electrons. The van der Waals surface area contributed by atoms with Gasteiger partial charge in [-0.05, 0) is 39.0 Å². The molecular formula is C16H21N3O4S. The first-order chi connectivity index (χ1) is 11.1. The minimum absolute atomic E-state index is 0.00987. The lowest BCUT2D eigenvalue weighted by Crippen LogP contribution is -2.59. The van der Waals surface area contributed by atoms with Crippen molar-refractivity contribution in [3.8, 4) is 0 Å². The van der Waals surface area contributed by atoms with E-state index in [1.165, 1.54) is 0 Å². The van der Waals surface area contributed by atoms with E-state index in [0.717, 1.165) is 6.42 Å². The van der Waals surface area contributed by atoms with Crippen LogP contribution in [0.1, 0.15) is 27.2 Å². The first-order valence-electron chi connectivity index (χ1n) is 8.10. The van der Waals surface area contributed by atoms with Crippen molar-refractivity contribution in [2.24, 2.45) is 17.8 Å². The van der Waals surface area contributed by atoms with E-state index in [9.17, 15) is 14.4 Å². The van der Waals surface area contributed by atoms with Crippen molar-refractivity contribution in [3.05, 3.63) is 12.2 Å². The molecule has 0 aromatic rings. The maximum absolute atomic E-state index is 13.0. The molecule has 0 aromatic carbocycles. The fourth-order valence-corrected chi connectivity index (χ4v) is 5.16. The highest BCUT2D eigenvalue weighted by Crippen LogP contribution is 2.72. The molecule has 0 radical (unpaired) electrons. The van der Waals surface area contributed by atoms with E-state index in [0.29, 0.717) is 17.3 Å². The van der Waals surface area contributed by atoms with Gasteiger partial charge in [0.15, 0.2) is 0 Å². The largest absolute Gasteiger partial charge is 0.443 e. The summed E-state index contributed by atoms with van der Waals surface area (Å²) in [7, 11) is 0. The number of hydrogen-bond acceptors (Lipinski definition) is 6. The van der Waals surface area contributed by atoms with Gasteiger partial charge in [0.1, 0.15) is 11.1 Å². The molecule has 1 saturated heterocycles. The highest BCUT2D eigenvalue weighted by atomic mass is 32.1. The van der Waals surface area contributed by atoms with Crippen LogP contribution in [0.5, 0.6) is 0 Å². The molecule has 24 heavy (non-hydrogen) atoms. The van der Waals surface area contributed by atoms with Crippen molar-refractivity contribution >= 4 is 31.0 Å². The van der Waals surface area contributed by atoms with Crippen LogP contribution in [0.4, 0.5) is 4.79 Å². The van der Waals surface area contributed by atoms with Crippen LogP contribution in [0, 0.1) is 17.8 Å². The molecule has 1 aliphatic heterocycles. The summed E-state index contributed by atoms with van der Waals surface area (Å²) in [6.45, 7) is 5.12. The van der Waals surface area contributed by atoms with E-state index >= 15 is 0 Å². The van der Waals surface area contributed by atoms with Crippen molar-refractivity contribution in [2.45, 2.75) is 49.1 Å². The normalized spacial score (nSPS) is 43.3. The molecule has 2 saturated carbocycles. The van der Waals surface area contributed by atoms with Gasteiger partial charge in [0, 0.05) is 16.7 Å². The second-order valence-corrected chi connectivity index (χ2v) is 8.96. The summed E-state index contributed by atoms with van der Waals surface area (Å²) in [5.74, 6) is 0.210. The third kappa shape index (κ3) is 1.99.